The quantitative estimate of drug-likeness (QED) is 0.641. The smallest absolute Gasteiger partial charge is 0.334 e. The number of amides is 1. The Labute approximate surface area is 163 Å². The largest absolute Gasteiger partial charge is 0.493 e. The Bertz CT molecular complexity index is 782. The Hall–Kier alpha value is -3.26. The lowest BCUT2D eigenvalue weighted by atomic mass is 10.1. The lowest BCUT2D eigenvalue weighted by Crippen LogP contribution is -2.37. The predicted octanol–water partition coefficient (Wildman–Crippen LogP) is 2.11. The van der Waals surface area contributed by atoms with Crippen LogP contribution in [0.2, 0.25) is 0 Å². The van der Waals surface area contributed by atoms with Gasteiger partial charge in [-0.15, -0.1) is 0 Å². The van der Waals surface area contributed by atoms with Gasteiger partial charge >= 0.3 is 5.97 Å². The van der Waals surface area contributed by atoms with Crippen LogP contribution >= 0.6 is 0 Å². The molecule has 1 unspecified atom stereocenters. The van der Waals surface area contributed by atoms with Crippen LogP contribution in [-0.2, 0) is 16.1 Å². The van der Waals surface area contributed by atoms with Crippen molar-refractivity contribution in [2.45, 2.75) is 12.7 Å². The molecule has 0 aliphatic heterocycles. The molecular formula is C20H23NO7. The van der Waals surface area contributed by atoms with Gasteiger partial charge in [-0.25, -0.2) is 4.79 Å². The van der Waals surface area contributed by atoms with Crippen molar-refractivity contribution in [2.24, 2.45) is 0 Å². The fourth-order valence-electron chi connectivity index (χ4n) is 2.44. The van der Waals surface area contributed by atoms with E-state index in [0.29, 0.717) is 23.9 Å². The highest BCUT2D eigenvalue weighted by molar-refractivity contribution is 5.96. The van der Waals surface area contributed by atoms with Crippen LogP contribution in [0.5, 0.6) is 17.2 Å². The minimum atomic E-state index is -1.16. The number of hydrogen-bond donors (Lipinski definition) is 2. The van der Waals surface area contributed by atoms with E-state index in [1.807, 2.05) is 30.3 Å². The number of carboxylic acids is 1. The van der Waals surface area contributed by atoms with Crippen LogP contribution in [0.3, 0.4) is 0 Å². The number of carboxylic acid groups (broad SMARTS) is 1. The molecule has 0 aliphatic carbocycles. The Morgan fingerprint density at radius 2 is 1.64 bits per heavy atom. The summed E-state index contributed by atoms with van der Waals surface area (Å²) in [6.07, 6.45) is -1.14. The summed E-state index contributed by atoms with van der Waals surface area (Å²) in [6.45, 7) is 0.120. The van der Waals surface area contributed by atoms with E-state index in [0.717, 1.165) is 5.56 Å². The van der Waals surface area contributed by atoms with Gasteiger partial charge < -0.3 is 29.4 Å². The molecule has 8 heteroatoms. The number of nitrogens with one attached hydrogen (secondary N) is 1. The third-order valence-corrected chi connectivity index (χ3v) is 3.96. The number of rotatable bonds is 10. The molecule has 0 fully saturated rings. The molecule has 150 valence electrons. The molecule has 0 saturated heterocycles. The van der Waals surface area contributed by atoms with E-state index >= 15 is 0 Å². The first-order valence-electron chi connectivity index (χ1n) is 8.46. The highest BCUT2D eigenvalue weighted by Gasteiger charge is 2.21. The highest BCUT2D eigenvalue weighted by atomic mass is 16.5. The van der Waals surface area contributed by atoms with Gasteiger partial charge in [0, 0.05) is 12.7 Å². The first-order valence-corrected chi connectivity index (χ1v) is 8.46. The molecule has 0 saturated carbocycles. The number of aliphatic carboxylic acids is 1. The van der Waals surface area contributed by atoms with E-state index in [-0.39, 0.29) is 12.1 Å². The van der Waals surface area contributed by atoms with E-state index in [1.165, 1.54) is 33.5 Å². The van der Waals surface area contributed by atoms with Gasteiger partial charge in [0.25, 0.3) is 5.91 Å². The van der Waals surface area contributed by atoms with Crippen LogP contribution in [0.4, 0.5) is 0 Å². The first kappa shape index (κ1) is 21.0. The van der Waals surface area contributed by atoms with Gasteiger partial charge in [-0.3, -0.25) is 4.79 Å². The second-order valence-electron chi connectivity index (χ2n) is 5.76. The van der Waals surface area contributed by atoms with Gasteiger partial charge in [0.2, 0.25) is 5.75 Å². The second-order valence-corrected chi connectivity index (χ2v) is 5.76. The number of carbonyl (C=O) groups excluding carboxylic acids is 1. The molecule has 2 aromatic rings. The van der Waals surface area contributed by atoms with E-state index in [9.17, 15) is 9.59 Å². The second kappa shape index (κ2) is 10.2. The molecule has 2 N–H and O–H groups in total. The average molecular weight is 389 g/mol. The maximum absolute atomic E-state index is 12.4. The first-order chi connectivity index (χ1) is 13.5. The average Bonchev–Trinajstić information content (AvgIpc) is 2.72. The van der Waals surface area contributed by atoms with Crippen molar-refractivity contribution in [3.63, 3.8) is 0 Å². The van der Waals surface area contributed by atoms with Crippen molar-refractivity contribution in [2.75, 3.05) is 27.9 Å². The summed E-state index contributed by atoms with van der Waals surface area (Å²) < 4.78 is 21.3. The topological polar surface area (TPSA) is 103 Å². The Morgan fingerprint density at radius 1 is 1.04 bits per heavy atom. The molecule has 0 bridgehead atoms. The molecule has 28 heavy (non-hydrogen) atoms. The van der Waals surface area contributed by atoms with E-state index in [4.69, 9.17) is 24.1 Å². The van der Waals surface area contributed by atoms with Gasteiger partial charge in [-0.1, -0.05) is 30.3 Å². The monoisotopic (exact) mass is 389 g/mol. The van der Waals surface area contributed by atoms with Crippen LogP contribution in [-0.4, -0.2) is 51.0 Å². The van der Waals surface area contributed by atoms with Gasteiger partial charge in [0.1, 0.15) is 6.61 Å². The van der Waals surface area contributed by atoms with Gasteiger partial charge in [0.15, 0.2) is 17.6 Å². The van der Waals surface area contributed by atoms with E-state index in [2.05, 4.69) is 5.32 Å². The molecule has 1 amide bonds. The Morgan fingerprint density at radius 3 is 2.14 bits per heavy atom. The predicted molar refractivity (Wildman–Crippen MR) is 101 cm³/mol. The maximum Gasteiger partial charge on any atom is 0.334 e. The molecule has 0 heterocycles. The fourth-order valence-corrected chi connectivity index (χ4v) is 2.44. The van der Waals surface area contributed by atoms with E-state index in [1.54, 1.807) is 0 Å². The summed E-state index contributed by atoms with van der Waals surface area (Å²) in [6, 6.07) is 12.6. The third-order valence-electron chi connectivity index (χ3n) is 3.96. The maximum atomic E-state index is 12.4. The summed E-state index contributed by atoms with van der Waals surface area (Å²) in [5.74, 6) is -0.647. The minimum absolute atomic E-state index is 0.179. The molecule has 0 radical (unpaired) electrons. The summed E-state index contributed by atoms with van der Waals surface area (Å²) in [5.41, 5.74) is 1.20. The van der Waals surface area contributed by atoms with Crippen molar-refractivity contribution in [3.05, 3.63) is 53.6 Å². The van der Waals surface area contributed by atoms with Crippen LogP contribution in [0.15, 0.2) is 42.5 Å². The summed E-state index contributed by atoms with van der Waals surface area (Å²) >= 11 is 0. The van der Waals surface area contributed by atoms with Gasteiger partial charge in [-0.2, -0.15) is 0 Å². The zero-order valence-electron chi connectivity index (χ0n) is 15.9. The molecule has 0 aliphatic rings. The van der Waals surface area contributed by atoms with E-state index < -0.39 is 18.0 Å². The number of benzene rings is 2. The molecule has 0 spiro atoms. The minimum Gasteiger partial charge on any atom is -0.493 e. The highest BCUT2D eigenvalue weighted by Crippen LogP contribution is 2.39. The number of methoxy groups -OCH3 is 3. The lowest BCUT2D eigenvalue weighted by Gasteiger charge is -2.17. The van der Waals surface area contributed by atoms with Crippen molar-refractivity contribution < 1.29 is 33.6 Å². The van der Waals surface area contributed by atoms with Gasteiger partial charge in [-0.05, 0) is 17.7 Å². The van der Waals surface area contributed by atoms with Crippen LogP contribution < -0.4 is 19.5 Å². The summed E-state index contributed by atoms with van der Waals surface area (Å²) in [7, 11) is 4.17. The van der Waals surface area contributed by atoms with Crippen molar-refractivity contribution in [3.8, 4) is 17.2 Å². The Balaban J connectivity index is 2.18. The van der Waals surface area contributed by atoms with Crippen LogP contribution in [0.1, 0.15) is 15.9 Å². The van der Waals surface area contributed by atoms with Crippen molar-refractivity contribution in [1.29, 1.82) is 0 Å². The summed E-state index contributed by atoms with van der Waals surface area (Å²) in [4.78, 5) is 23.4. The van der Waals surface area contributed by atoms with Crippen molar-refractivity contribution in [1.82, 2.24) is 5.32 Å². The van der Waals surface area contributed by atoms with Crippen LogP contribution in [0.25, 0.3) is 0 Å². The lowest BCUT2D eigenvalue weighted by molar-refractivity contribution is -0.148. The number of carbonyl (C=O) groups is 2. The third kappa shape index (κ3) is 5.37. The van der Waals surface area contributed by atoms with Crippen LogP contribution in [0, 0.1) is 0 Å². The molecule has 2 rings (SSSR count). The molecule has 0 aromatic heterocycles. The standard InChI is InChI=1S/C20H23NO7/c1-25-15-9-14(19(22)21-11-17(27-3)20(23)24)10-16(26-2)18(15)28-12-13-7-5-4-6-8-13/h4-10,17H,11-12H2,1-3H3,(H,21,22)(H,23,24). The fraction of sp³-hybridized carbons (Fsp3) is 0.300. The number of hydrogen-bond acceptors (Lipinski definition) is 6. The molecular weight excluding hydrogens is 366 g/mol. The van der Waals surface area contributed by atoms with Crippen molar-refractivity contribution >= 4 is 11.9 Å². The molecule has 2 aromatic carbocycles. The zero-order valence-corrected chi connectivity index (χ0v) is 15.9. The molecule has 1 atom stereocenters. The molecule has 8 nitrogen and oxygen atoms in total. The summed E-state index contributed by atoms with van der Waals surface area (Å²) in [5, 5.41) is 11.5. The normalized spacial score (nSPS) is 11.4. The Kier molecular flexibility index (Phi) is 7.65. The zero-order chi connectivity index (χ0) is 20.5. The SMILES string of the molecule is COc1cc(C(=O)NCC(OC)C(=O)O)cc(OC)c1OCc1ccccc1. The number of ether oxygens (including phenoxy) is 4. The van der Waals surface area contributed by atoms with Gasteiger partial charge in [0.05, 0.1) is 20.8 Å².